The summed E-state index contributed by atoms with van der Waals surface area (Å²) in [5.41, 5.74) is 0.911. The lowest BCUT2D eigenvalue weighted by molar-refractivity contribution is 0.102. The van der Waals surface area contributed by atoms with Crippen molar-refractivity contribution in [2.24, 2.45) is 0 Å². The number of aromatic nitrogens is 2. The van der Waals surface area contributed by atoms with Gasteiger partial charge in [0.05, 0.1) is 5.03 Å². The van der Waals surface area contributed by atoms with Crippen molar-refractivity contribution in [3.05, 3.63) is 74.9 Å². The molecule has 1 N–H and O–H groups in total. The minimum Gasteiger partial charge on any atom is -0.320 e. The average molecular weight is 394 g/mol. The van der Waals surface area contributed by atoms with E-state index in [4.69, 9.17) is 23.2 Å². The third-order valence-corrected chi connectivity index (χ3v) is 4.72. The molecule has 0 aliphatic rings. The first-order chi connectivity index (χ1) is 12.0. The molecule has 25 heavy (non-hydrogen) atoms. The first kappa shape index (κ1) is 17.5. The molecule has 0 radical (unpaired) electrons. The van der Waals surface area contributed by atoms with Crippen LogP contribution in [0.5, 0.6) is 0 Å². The normalized spacial score (nSPS) is 11.4. The molecule has 0 fully saturated rings. The summed E-state index contributed by atoms with van der Waals surface area (Å²) in [7, 11) is 0. The second kappa shape index (κ2) is 7.74. The van der Waals surface area contributed by atoms with Gasteiger partial charge in [-0.1, -0.05) is 52.7 Å². The molecule has 3 rings (SSSR count). The zero-order valence-corrected chi connectivity index (χ0v) is 14.9. The summed E-state index contributed by atoms with van der Waals surface area (Å²) in [5, 5.41) is 11.6. The highest BCUT2D eigenvalue weighted by Crippen LogP contribution is 2.26. The van der Waals surface area contributed by atoms with E-state index in [1.807, 2.05) is 0 Å². The lowest BCUT2D eigenvalue weighted by atomic mass is 10.2. The van der Waals surface area contributed by atoms with Crippen LogP contribution in [0.25, 0.3) is 11.1 Å². The van der Waals surface area contributed by atoms with Crippen LogP contribution in [0.3, 0.4) is 0 Å². The Balaban J connectivity index is 1.76. The molecular weight excluding hydrogens is 384 g/mol. The Kier molecular flexibility index (Phi) is 5.43. The fourth-order valence-corrected chi connectivity index (χ4v) is 2.96. The van der Waals surface area contributed by atoms with Crippen LogP contribution < -0.4 is 5.32 Å². The lowest BCUT2D eigenvalue weighted by Gasteiger charge is -2.01. The fourth-order valence-electron chi connectivity index (χ4n) is 1.92. The van der Waals surface area contributed by atoms with E-state index in [1.54, 1.807) is 42.5 Å². The third-order valence-electron chi connectivity index (χ3n) is 3.11. The maximum absolute atomic E-state index is 13.7. The minimum absolute atomic E-state index is 0.144. The molecule has 0 spiro atoms. The number of halogens is 3. The molecule has 1 aromatic heterocycles. The van der Waals surface area contributed by atoms with E-state index in [2.05, 4.69) is 15.5 Å². The van der Waals surface area contributed by atoms with Gasteiger partial charge in [0.2, 0.25) is 5.01 Å². The number of nitrogens with zero attached hydrogens (tertiary/aromatic N) is 2. The first-order valence-electron chi connectivity index (χ1n) is 7.05. The first-order valence-corrected chi connectivity index (χ1v) is 8.63. The second-order valence-electron chi connectivity index (χ2n) is 4.89. The smallest absolute Gasteiger partial charge is 0.286 e. The molecule has 0 atom stereocenters. The van der Waals surface area contributed by atoms with Crippen molar-refractivity contribution >= 4 is 57.2 Å². The van der Waals surface area contributed by atoms with E-state index in [9.17, 15) is 9.18 Å². The van der Waals surface area contributed by atoms with Gasteiger partial charge in [-0.2, -0.15) is 0 Å². The summed E-state index contributed by atoms with van der Waals surface area (Å²) >= 11 is 13.0. The Bertz CT molecular complexity index is 941. The molecule has 0 unspecified atom stereocenters. The molecule has 126 valence electrons. The van der Waals surface area contributed by atoms with Crippen molar-refractivity contribution in [1.82, 2.24) is 10.2 Å². The number of benzene rings is 2. The van der Waals surface area contributed by atoms with Gasteiger partial charge in [-0.3, -0.25) is 4.79 Å². The number of nitrogens with one attached hydrogen (secondary N) is 1. The number of carbonyl (C=O) groups excluding carboxylic acids is 1. The number of anilines is 1. The van der Waals surface area contributed by atoms with Crippen molar-refractivity contribution in [3.63, 3.8) is 0 Å². The van der Waals surface area contributed by atoms with Crippen LogP contribution >= 0.6 is 34.5 Å². The van der Waals surface area contributed by atoms with Crippen molar-refractivity contribution in [2.75, 3.05) is 5.32 Å². The van der Waals surface area contributed by atoms with Crippen LogP contribution in [0.2, 0.25) is 5.02 Å². The molecule has 0 aliphatic carbocycles. The SMILES string of the molecule is O=C(Nc1ccc(Cl)cc1)c1nnc(/C(Cl)=C/c2ccccc2F)s1. The Morgan fingerprint density at radius 1 is 1.08 bits per heavy atom. The molecule has 2 aromatic carbocycles. The zero-order valence-electron chi connectivity index (χ0n) is 12.5. The summed E-state index contributed by atoms with van der Waals surface area (Å²) in [5.74, 6) is -0.813. The molecule has 0 saturated heterocycles. The van der Waals surface area contributed by atoms with Gasteiger partial charge in [-0.25, -0.2) is 4.39 Å². The molecule has 1 amide bonds. The van der Waals surface area contributed by atoms with E-state index in [-0.39, 0.29) is 10.0 Å². The highest BCUT2D eigenvalue weighted by molar-refractivity contribution is 7.15. The van der Waals surface area contributed by atoms with E-state index in [0.717, 1.165) is 11.3 Å². The molecule has 0 aliphatic heterocycles. The maximum atomic E-state index is 13.7. The van der Waals surface area contributed by atoms with Gasteiger partial charge in [-0.05, 0) is 36.4 Å². The van der Waals surface area contributed by atoms with Crippen LogP contribution in [-0.2, 0) is 0 Å². The van der Waals surface area contributed by atoms with E-state index in [0.29, 0.717) is 21.3 Å². The average Bonchev–Trinajstić information content (AvgIpc) is 3.09. The Hall–Kier alpha value is -2.28. The molecule has 8 heteroatoms. The van der Waals surface area contributed by atoms with Gasteiger partial charge < -0.3 is 5.32 Å². The predicted octanol–water partition coefficient (Wildman–Crippen LogP) is 5.32. The fraction of sp³-hybridized carbons (Fsp3) is 0. The molecule has 0 bridgehead atoms. The zero-order chi connectivity index (χ0) is 17.8. The van der Waals surface area contributed by atoms with Gasteiger partial charge in [-0.15, -0.1) is 10.2 Å². The Morgan fingerprint density at radius 3 is 2.48 bits per heavy atom. The highest BCUT2D eigenvalue weighted by Gasteiger charge is 2.15. The summed E-state index contributed by atoms with van der Waals surface area (Å²) < 4.78 is 13.7. The van der Waals surface area contributed by atoms with E-state index >= 15 is 0 Å². The number of hydrogen-bond donors (Lipinski definition) is 1. The van der Waals surface area contributed by atoms with Crippen LogP contribution in [0.1, 0.15) is 20.4 Å². The lowest BCUT2D eigenvalue weighted by Crippen LogP contribution is -2.11. The van der Waals surface area contributed by atoms with Gasteiger partial charge in [0.15, 0.2) is 5.01 Å². The topological polar surface area (TPSA) is 54.9 Å². The van der Waals surface area contributed by atoms with Crippen molar-refractivity contribution < 1.29 is 9.18 Å². The number of rotatable bonds is 4. The number of carbonyl (C=O) groups is 1. The number of hydrogen-bond acceptors (Lipinski definition) is 4. The van der Waals surface area contributed by atoms with Crippen molar-refractivity contribution in [2.45, 2.75) is 0 Å². The molecule has 1 heterocycles. The minimum atomic E-state index is -0.415. The van der Waals surface area contributed by atoms with Gasteiger partial charge in [0.25, 0.3) is 5.91 Å². The largest absolute Gasteiger partial charge is 0.320 e. The summed E-state index contributed by atoms with van der Waals surface area (Å²) in [4.78, 5) is 12.2. The molecule has 4 nitrogen and oxygen atoms in total. The quantitative estimate of drug-likeness (QED) is 0.652. The second-order valence-corrected chi connectivity index (χ2v) is 6.71. The summed E-state index contributed by atoms with van der Waals surface area (Å²) in [6.45, 7) is 0. The monoisotopic (exact) mass is 393 g/mol. The predicted molar refractivity (Wildman–Crippen MR) is 99.4 cm³/mol. The Labute approximate surface area is 156 Å². The molecular formula is C17H10Cl2FN3OS. The maximum Gasteiger partial charge on any atom is 0.286 e. The van der Waals surface area contributed by atoms with Crippen molar-refractivity contribution in [3.8, 4) is 0 Å². The van der Waals surface area contributed by atoms with Gasteiger partial charge in [0.1, 0.15) is 5.82 Å². The van der Waals surface area contributed by atoms with Gasteiger partial charge in [0, 0.05) is 16.3 Å². The van der Waals surface area contributed by atoms with Crippen LogP contribution in [0, 0.1) is 5.82 Å². The summed E-state index contributed by atoms with van der Waals surface area (Å²) in [6, 6.07) is 12.9. The van der Waals surface area contributed by atoms with E-state index in [1.165, 1.54) is 12.1 Å². The third kappa shape index (κ3) is 4.42. The van der Waals surface area contributed by atoms with Crippen LogP contribution in [0.15, 0.2) is 48.5 Å². The van der Waals surface area contributed by atoms with Gasteiger partial charge >= 0.3 is 0 Å². The van der Waals surface area contributed by atoms with Crippen molar-refractivity contribution in [1.29, 1.82) is 0 Å². The van der Waals surface area contributed by atoms with E-state index < -0.39 is 11.7 Å². The highest BCUT2D eigenvalue weighted by atomic mass is 35.5. The standard InChI is InChI=1S/C17H10Cl2FN3OS/c18-11-5-7-12(8-6-11)21-15(24)17-23-22-16(25-17)13(19)9-10-3-1-2-4-14(10)20/h1-9H,(H,21,24)/b13-9-. The molecule has 0 saturated carbocycles. The van der Waals surface area contributed by atoms with Crippen LogP contribution in [0.4, 0.5) is 10.1 Å². The Morgan fingerprint density at radius 2 is 1.76 bits per heavy atom. The number of amides is 1. The van der Waals surface area contributed by atoms with Crippen LogP contribution in [-0.4, -0.2) is 16.1 Å². The summed E-state index contributed by atoms with van der Waals surface area (Å²) in [6.07, 6.45) is 1.44. The molecule has 3 aromatic rings.